The molecule has 0 unspecified atom stereocenters. The van der Waals surface area contributed by atoms with Crippen molar-refractivity contribution in [2.24, 2.45) is 0 Å². The smallest absolute Gasteiger partial charge is 0.402 e. The van der Waals surface area contributed by atoms with Gasteiger partial charge in [0.2, 0.25) is 12.0 Å². The van der Waals surface area contributed by atoms with Crippen LogP contribution < -0.4 is 4.74 Å². The van der Waals surface area contributed by atoms with Crippen LogP contribution >= 0.6 is 0 Å². The van der Waals surface area contributed by atoms with E-state index in [0.717, 1.165) is 18.2 Å². The van der Waals surface area contributed by atoms with Gasteiger partial charge in [-0.05, 0) is 12.1 Å². The van der Waals surface area contributed by atoms with Gasteiger partial charge in [0.25, 0.3) is 0 Å². The summed E-state index contributed by atoms with van der Waals surface area (Å²) in [6, 6.07) is 7.13. The molecule has 3 aromatic rings. The van der Waals surface area contributed by atoms with Gasteiger partial charge in [0.05, 0.1) is 24.8 Å². The molecule has 2 aliphatic heterocycles. The fourth-order valence-corrected chi connectivity index (χ4v) is 4.81. The average Bonchev–Trinajstić information content (AvgIpc) is 2.97. The molecular formula is C27H31O16+. The zero-order valence-corrected chi connectivity index (χ0v) is 22.1. The summed E-state index contributed by atoms with van der Waals surface area (Å²) in [6.45, 7) is -1.31. The fourth-order valence-electron chi connectivity index (χ4n) is 4.81. The van der Waals surface area contributed by atoms with Crippen LogP contribution in [0.25, 0.3) is 22.3 Å². The predicted octanol–water partition coefficient (Wildman–Crippen LogP) is -1.79. The lowest BCUT2D eigenvalue weighted by atomic mass is 9.98. The van der Waals surface area contributed by atoms with Crippen molar-refractivity contribution >= 4 is 11.0 Å². The molecule has 0 bridgehead atoms. The van der Waals surface area contributed by atoms with E-state index in [9.17, 15) is 56.2 Å². The molecule has 10 atom stereocenters. The maximum absolute atomic E-state index is 10.7. The molecule has 0 aliphatic carbocycles. The molecule has 11 N–H and O–H groups in total. The lowest BCUT2D eigenvalue weighted by Crippen LogP contribution is -2.62. The summed E-state index contributed by atoms with van der Waals surface area (Å²) in [7, 11) is 0. The van der Waals surface area contributed by atoms with E-state index >= 15 is 0 Å². The monoisotopic (exact) mass is 611 g/mol. The molecule has 16 heteroatoms. The van der Waals surface area contributed by atoms with Gasteiger partial charge in [0, 0.05) is 18.2 Å². The number of fused-ring (bicyclic) bond motifs is 1. The van der Waals surface area contributed by atoms with Crippen LogP contribution in [0.5, 0.6) is 28.7 Å². The van der Waals surface area contributed by atoms with Crippen molar-refractivity contribution in [1.82, 2.24) is 0 Å². The Balaban J connectivity index is 1.43. The van der Waals surface area contributed by atoms with Crippen LogP contribution in [-0.2, 0) is 14.2 Å². The van der Waals surface area contributed by atoms with Gasteiger partial charge < -0.3 is 75.1 Å². The third-order valence-corrected chi connectivity index (χ3v) is 7.24. The minimum Gasteiger partial charge on any atom is -0.507 e. The van der Waals surface area contributed by atoms with Crippen LogP contribution in [0.1, 0.15) is 0 Å². The zero-order chi connectivity index (χ0) is 31.2. The van der Waals surface area contributed by atoms with Gasteiger partial charge in [-0.15, -0.1) is 0 Å². The van der Waals surface area contributed by atoms with E-state index < -0.39 is 91.9 Å². The third kappa shape index (κ3) is 5.98. The molecular weight excluding hydrogens is 580 g/mol. The van der Waals surface area contributed by atoms with Crippen molar-refractivity contribution in [3.63, 3.8) is 0 Å². The molecule has 16 nitrogen and oxygen atoms in total. The molecule has 2 saturated heterocycles. The van der Waals surface area contributed by atoms with Crippen molar-refractivity contribution in [2.45, 2.75) is 61.4 Å². The first kappa shape index (κ1) is 30.9. The van der Waals surface area contributed by atoms with E-state index in [1.807, 2.05) is 0 Å². The summed E-state index contributed by atoms with van der Waals surface area (Å²) in [5.74, 6) is -2.02. The number of rotatable bonds is 7. The van der Waals surface area contributed by atoms with Gasteiger partial charge in [-0.3, -0.25) is 0 Å². The van der Waals surface area contributed by atoms with Gasteiger partial charge in [-0.1, -0.05) is 0 Å². The minimum atomic E-state index is -1.86. The second-order valence-corrected chi connectivity index (χ2v) is 10.2. The van der Waals surface area contributed by atoms with Crippen molar-refractivity contribution in [1.29, 1.82) is 0 Å². The van der Waals surface area contributed by atoms with E-state index in [2.05, 4.69) is 0 Å². The predicted molar refractivity (Wildman–Crippen MR) is 140 cm³/mol. The van der Waals surface area contributed by atoms with Gasteiger partial charge in [0.1, 0.15) is 65.7 Å². The number of hydrogen-bond acceptors (Lipinski definition) is 15. The Morgan fingerprint density at radius 3 is 2.00 bits per heavy atom. The quantitative estimate of drug-likeness (QED) is 0.104. The number of aliphatic hydroxyl groups excluding tert-OH is 7. The Labute approximate surface area is 242 Å². The van der Waals surface area contributed by atoms with E-state index in [4.69, 9.17) is 23.4 Å². The molecule has 43 heavy (non-hydrogen) atoms. The number of aliphatic hydroxyl groups is 7. The SMILES string of the molecule is OC[C@H]1O[C@@H](OC[C@H]2O[C@@H](Oc3cc4c(O)cc(O)cc4[o+]c3-c3ccc(O)c(O)c3)[C@H](O)[C@@H](O)[C@@H]2O)[C@H](O)[C@@H](O)[C@@H]1O. The first-order chi connectivity index (χ1) is 20.4. The largest absolute Gasteiger partial charge is 0.507 e. The molecule has 0 saturated carbocycles. The number of phenols is 4. The van der Waals surface area contributed by atoms with E-state index in [1.54, 1.807) is 0 Å². The molecule has 234 valence electrons. The molecule has 5 rings (SSSR count). The second-order valence-electron chi connectivity index (χ2n) is 10.2. The topological polar surface area (TPSA) is 271 Å². The first-order valence-corrected chi connectivity index (χ1v) is 13.0. The molecule has 2 aliphatic rings. The Hall–Kier alpha value is -3.55. The average molecular weight is 612 g/mol. The van der Waals surface area contributed by atoms with Crippen LogP contribution in [0.2, 0.25) is 0 Å². The lowest BCUT2D eigenvalue weighted by Gasteiger charge is -2.42. The molecule has 0 amide bonds. The van der Waals surface area contributed by atoms with Crippen LogP contribution in [0.3, 0.4) is 0 Å². The maximum atomic E-state index is 10.7. The van der Waals surface area contributed by atoms with Gasteiger partial charge in [-0.2, -0.15) is 0 Å². The summed E-state index contributed by atoms with van der Waals surface area (Å²) in [5.41, 5.74) is 0.127. The summed E-state index contributed by atoms with van der Waals surface area (Å²) in [6.07, 6.45) is -16.6. The molecule has 0 radical (unpaired) electrons. The number of aromatic hydroxyl groups is 4. The van der Waals surface area contributed by atoms with Crippen LogP contribution in [0, 0.1) is 0 Å². The highest BCUT2D eigenvalue weighted by Gasteiger charge is 2.48. The van der Waals surface area contributed by atoms with E-state index in [1.165, 1.54) is 18.2 Å². The summed E-state index contributed by atoms with van der Waals surface area (Å²) in [4.78, 5) is 0. The number of hydrogen-bond donors (Lipinski definition) is 11. The molecule has 3 heterocycles. The standard InChI is InChI=1S/C27H30O16/c28-7-17-19(33)21(35)23(37)26(42-17)39-8-18-20(34)22(36)24(38)27(43-18)41-16-6-11-13(31)4-10(29)5-15(11)40-25(16)9-1-2-12(30)14(32)3-9/h1-6,17-24,26-28,33-38H,7-8H2,(H3-,29,30,31,32)/p+1/t17-,18-,19-,20-,21+,22+,23-,24-,26-,27-/m1/s1. The number of phenolic OH excluding ortho intramolecular Hbond substituents is 4. The van der Waals surface area contributed by atoms with Gasteiger partial charge >= 0.3 is 11.3 Å². The van der Waals surface area contributed by atoms with Gasteiger partial charge in [0.15, 0.2) is 17.8 Å². The highest BCUT2D eigenvalue weighted by molar-refractivity contribution is 5.88. The normalized spacial score (nSPS) is 33.0. The maximum Gasteiger partial charge on any atom is 0.402 e. The molecule has 2 fully saturated rings. The van der Waals surface area contributed by atoms with E-state index in [0.29, 0.717) is 0 Å². The number of benzene rings is 2. The minimum absolute atomic E-state index is 0.0150. The fraction of sp³-hybridized carbons (Fsp3) is 0.444. The third-order valence-electron chi connectivity index (χ3n) is 7.24. The van der Waals surface area contributed by atoms with Gasteiger partial charge in [-0.25, -0.2) is 4.42 Å². The molecule has 1 aromatic heterocycles. The summed E-state index contributed by atoms with van der Waals surface area (Å²) < 4.78 is 28.1. The zero-order valence-electron chi connectivity index (χ0n) is 22.1. The van der Waals surface area contributed by atoms with Crippen molar-refractivity contribution in [3.8, 4) is 40.1 Å². The summed E-state index contributed by atoms with van der Waals surface area (Å²) >= 11 is 0. The van der Waals surface area contributed by atoms with Crippen molar-refractivity contribution in [3.05, 3.63) is 36.4 Å². The van der Waals surface area contributed by atoms with Crippen LogP contribution in [0.4, 0.5) is 0 Å². The van der Waals surface area contributed by atoms with Crippen LogP contribution in [0.15, 0.2) is 40.8 Å². The van der Waals surface area contributed by atoms with Crippen LogP contribution in [-0.4, -0.2) is 131 Å². The van der Waals surface area contributed by atoms with E-state index in [-0.39, 0.29) is 33.8 Å². The second kappa shape index (κ2) is 12.2. The van der Waals surface area contributed by atoms with Crippen molar-refractivity contribution in [2.75, 3.05) is 13.2 Å². The Morgan fingerprint density at radius 2 is 1.33 bits per heavy atom. The Kier molecular flexibility index (Phi) is 8.77. The molecule has 0 spiro atoms. The Bertz CT molecular complexity index is 1450. The Morgan fingerprint density at radius 1 is 0.674 bits per heavy atom. The van der Waals surface area contributed by atoms with Crippen molar-refractivity contribution < 1.29 is 79.5 Å². The highest BCUT2D eigenvalue weighted by Crippen LogP contribution is 2.42. The lowest BCUT2D eigenvalue weighted by molar-refractivity contribution is -0.323. The summed E-state index contributed by atoms with van der Waals surface area (Å²) in [5, 5.41) is 111. The first-order valence-electron chi connectivity index (χ1n) is 13.0. The molecule has 2 aromatic carbocycles. The highest BCUT2D eigenvalue weighted by atomic mass is 16.7. The number of ether oxygens (including phenoxy) is 4.